The molecule has 0 saturated carbocycles. The Morgan fingerprint density at radius 2 is 2.42 bits per heavy atom. The highest BCUT2D eigenvalue weighted by molar-refractivity contribution is 5.82. The lowest BCUT2D eigenvalue weighted by atomic mass is 9.81. The molecule has 1 aromatic rings. The molecule has 2 rings (SSSR count). The number of nitrogens with zero attached hydrogens (tertiary/aromatic N) is 1. The van der Waals surface area contributed by atoms with Gasteiger partial charge in [0, 0.05) is 11.8 Å². The van der Waals surface area contributed by atoms with Crippen molar-refractivity contribution in [3.63, 3.8) is 0 Å². The zero-order valence-corrected chi connectivity index (χ0v) is 10.9. The molecule has 1 aliphatic rings. The third kappa shape index (κ3) is 2.46. The van der Waals surface area contributed by atoms with E-state index in [4.69, 9.17) is 10.5 Å². The summed E-state index contributed by atoms with van der Waals surface area (Å²) in [6, 6.07) is 3.13. The third-order valence-electron chi connectivity index (χ3n) is 3.21. The number of carbonyl (C=O) groups excluding carboxylic acids is 1. The molecule has 0 aliphatic heterocycles. The van der Waals surface area contributed by atoms with Gasteiger partial charge in [-0.2, -0.15) is 0 Å². The Balaban J connectivity index is 2.42. The molecule has 5 nitrogen and oxygen atoms in total. The lowest BCUT2D eigenvalue weighted by molar-refractivity contribution is -0.158. The molecular weight excluding hydrogens is 251 g/mol. The Hall–Kier alpha value is -1.53. The molecule has 1 aliphatic carbocycles. The molecule has 0 spiro atoms. The summed E-state index contributed by atoms with van der Waals surface area (Å²) in [7, 11) is 1.17. The van der Waals surface area contributed by atoms with Crippen molar-refractivity contribution in [2.75, 3.05) is 7.11 Å². The van der Waals surface area contributed by atoms with Gasteiger partial charge in [0.2, 0.25) is 5.67 Å². The van der Waals surface area contributed by atoms with E-state index in [1.54, 1.807) is 19.2 Å². The number of nitrogens with two attached hydrogens (primary N) is 1. The number of halogens is 1. The molecule has 104 valence electrons. The second kappa shape index (κ2) is 5.22. The quantitative estimate of drug-likeness (QED) is 0.665. The number of carbonyl (C=O) groups is 1. The van der Waals surface area contributed by atoms with Crippen LogP contribution in [0.1, 0.15) is 37.1 Å². The average Bonchev–Trinajstić information content (AvgIpc) is 2.41. The third-order valence-corrected chi connectivity index (χ3v) is 3.21. The van der Waals surface area contributed by atoms with Crippen molar-refractivity contribution in [3.05, 3.63) is 29.6 Å². The average molecular weight is 268 g/mol. The van der Waals surface area contributed by atoms with Crippen LogP contribution in [0, 0.1) is 0 Å². The summed E-state index contributed by atoms with van der Waals surface area (Å²) in [5.74, 6) is -0.902. The fourth-order valence-corrected chi connectivity index (χ4v) is 2.38. The summed E-state index contributed by atoms with van der Waals surface area (Å²) in [5.41, 5.74) is 4.06. The Morgan fingerprint density at radius 1 is 1.68 bits per heavy atom. The van der Waals surface area contributed by atoms with Gasteiger partial charge in [-0.05, 0) is 25.8 Å². The van der Waals surface area contributed by atoms with Crippen LogP contribution in [-0.4, -0.2) is 24.3 Å². The smallest absolute Gasteiger partial charge is 0.348 e. The Labute approximate surface area is 110 Å². The first-order chi connectivity index (χ1) is 8.99. The molecule has 1 aromatic heterocycles. The Bertz CT molecular complexity index is 481. The second-order valence-corrected chi connectivity index (χ2v) is 4.60. The van der Waals surface area contributed by atoms with Crippen LogP contribution >= 0.6 is 0 Å². The largest absolute Gasteiger partial charge is 0.466 e. The topological polar surface area (TPSA) is 74.4 Å². The summed E-state index contributed by atoms with van der Waals surface area (Å²) in [6.45, 7) is 1.69. The van der Waals surface area contributed by atoms with Gasteiger partial charge in [0.1, 0.15) is 12.3 Å². The van der Waals surface area contributed by atoms with Gasteiger partial charge in [-0.25, -0.2) is 9.18 Å². The monoisotopic (exact) mass is 268 g/mol. The molecule has 0 aromatic carbocycles. The van der Waals surface area contributed by atoms with Crippen molar-refractivity contribution in [3.8, 4) is 0 Å². The van der Waals surface area contributed by atoms with E-state index in [0.29, 0.717) is 12.1 Å². The number of methoxy groups -OCH3 is 1. The van der Waals surface area contributed by atoms with Crippen LogP contribution in [0.5, 0.6) is 0 Å². The Kier molecular flexibility index (Phi) is 3.82. The Morgan fingerprint density at radius 3 is 3.05 bits per heavy atom. The van der Waals surface area contributed by atoms with Crippen molar-refractivity contribution >= 4 is 5.97 Å². The van der Waals surface area contributed by atoms with Gasteiger partial charge in [-0.15, -0.1) is 0 Å². The van der Waals surface area contributed by atoms with Gasteiger partial charge in [0.05, 0.1) is 12.8 Å². The minimum absolute atomic E-state index is 0.00421. The maximum absolute atomic E-state index is 14.9. The molecular formula is C13H17FN2O3. The number of ether oxygens (including phenoxy) is 2. The summed E-state index contributed by atoms with van der Waals surface area (Å²) in [6.07, 6.45) is 0.988. The second-order valence-electron chi connectivity index (χ2n) is 4.60. The summed E-state index contributed by atoms with van der Waals surface area (Å²) < 4.78 is 24.9. The van der Waals surface area contributed by atoms with Crippen LogP contribution in [-0.2, 0) is 19.9 Å². The van der Waals surface area contributed by atoms with Crippen LogP contribution < -0.4 is 5.73 Å². The number of fused-ring (bicyclic) bond motifs is 1. The van der Waals surface area contributed by atoms with Crippen molar-refractivity contribution < 1.29 is 18.7 Å². The van der Waals surface area contributed by atoms with Crippen LogP contribution in [0.2, 0.25) is 0 Å². The number of alkyl halides is 1. The van der Waals surface area contributed by atoms with Crippen molar-refractivity contribution in [2.24, 2.45) is 5.73 Å². The maximum atomic E-state index is 14.9. The first-order valence-electron chi connectivity index (χ1n) is 6.13. The van der Waals surface area contributed by atoms with Crippen LogP contribution in [0.15, 0.2) is 18.3 Å². The molecule has 0 unspecified atom stereocenters. The van der Waals surface area contributed by atoms with Crippen molar-refractivity contribution in [2.45, 2.75) is 37.8 Å². The van der Waals surface area contributed by atoms with Gasteiger partial charge in [-0.1, -0.05) is 6.07 Å². The lowest BCUT2D eigenvalue weighted by Gasteiger charge is -2.33. The highest BCUT2D eigenvalue weighted by Crippen LogP contribution is 2.44. The maximum Gasteiger partial charge on any atom is 0.348 e. The van der Waals surface area contributed by atoms with Gasteiger partial charge < -0.3 is 15.2 Å². The van der Waals surface area contributed by atoms with E-state index in [-0.39, 0.29) is 12.0 Å². The molecule has 6 heteroatoms. The fourth-order valence-electron chi connectivity index (χ4n) is 2.38. The summed E-state index contributed by atoms with van der Waals surface area (Å²) in [5, 5.41) is 0. The first kappa shape index (κ1) is 13.9. The molecule has 3 atom stereocenters. The SMILES string of the molecule is COC(=O)[C@@]1(F)CC[C@H](O[C@H](C)N)c2ncccc21. The minimum Gasteiger partial charge on any atom is -0.466 e. The van der Waals surface area contributed by atoms with Crippen molar-refractivity contribution in [1.29, 1.82) is 0 Å². The fraction of sp³-hybridized carbons (Fsp3) is 0.538. The highest BCUT2D eigenvalue weighted by Gasteiger charge is 2.48. The van der Waals surface area contributed by atoms with Crippen LogP contribution in [0.3, 0.4) is 0 Å². The predicted molar refractivity (Wildman–Crippen MR) is 65.7 cm³/mol. The number of hydrogen-bond donors (Lipinski definition) is 1. The van der Waals surface area contributed by atoms with E-state index in [1.807, 2.05) is 0 Å². The summed E-state index contributed by atoms with van der Waals surface area (Å²) >= 11 is 0. The van der Waals surface area contributed by atoms with Crippen molar-refractivity contribution in [1.82, 2.24) is 4.98 Å². The molecule has 19 heavy (non-hydrogen) atoms. The zero-order chi connectivity index (χ0) is 14.0. The van der Waals surface area contributed by atoms with Gasteiger partial charge in [-0.3, -0.25) is 4.98 Å². The molecule has 0 amide bonds. The van der Waals surface area contributed by atoms with E-state index >= 15 is 0 Å². The molecule has 2 N–H and O–H groups in total. The van der Waals surface area contributed by atoms with Gasteiger partial charge >= 0.3 is 5.97 Å². The number of rotatable bonds is 3. The number of esters is 1. The number of hydrogen-bond acceptors (Lipinski definition) is 5. The zero-order valence-electron chi connectivity index (χ0n) is 10.9. The van der Waals surface area contributed by atoms with Crippen LogP contribution in [0.4, 0.5) is 4.39 Å². The predicted octanol–water partition coefficient (Wildman–Crippen LogP) is 1.58. The number of aromatic nitrogens is 1. The van der Waals surface area contributed by atoms with E-state index in [1.165, 1.54) is 13.2 Å². The number of pyridine rings is 1. The molecule has 0 fully saturated rings. The highest BCUT2D eigenvalue weighted by atomic mass is 19.1. The van der Waals surface area contributed by atoms with Gasteiger partial charge in [0.15, 0.2) is 0 Å². The minimum atomic E-state index is -2.16. The molecule has 1 heterocycles. The van der Waals surface area contributed by atoms with Crippen LogP contribution in [0.25, 0.3) is 0 Å². The standard InChI is InChI=1S/C13H17FN2O3/c1-8(15)19-10-5-6-13(14,12(17)18-2)9-4-3-7-16-11(9)10/h3-4,7-8,10H,5-6,15H2,1-2H3/t8-,10+,13-/m1/s1. The van der Waals surface area contributed by atoms with E-state index < -0.39 is 24.0 Å². The van der Waals surface area contributed by atoms with E-state index in [9.17, 15) is 9.18 Å². The molecule has 0 radical (unpaired) electrons. The van der Waals surface area contributed by atoms with E-state index in [0.717, 1.165) is 0 Å². The first-order valence-corrected chi connectivity index (χ1v) is 6.13. The lowest BCUT2D eigenvalue weighted by Crippen LogP contribution is -2.39. The normalized spacial score (nSPS) is 27.5. The molecule has 0 saturated heterocycles. The van der Waals surface area contributed by atoms with Gasteiger partial charge in [0.25, 0.3) is 0 Å². The van der Waals surface area contributed by atoms with E-state index in [2.05, 4.69) is 9.72 Å². The summed E-state index contributed by atoms with van der Waals surface area (Å²) in [4.78, 5) is 15.8. The molecule has 0 bridgehead atoms.